The van der Waals surface area contributed by atoms with Crippen LogP contribution in [0.4, 0.5) is 10.1 Å². The van der Waals surface area contributed by atoms with Crippen molar-refractivity contribution >= 4 is 56.8 Å². The van der Waals surface area contributed by atoms with E-state index in [0.717, 1.165) is 67.9 Å². The maximum Gasteiger partial charge on any atom is 0.329 e. The number of halogens is 1. The third kappa shape index (κ3) is 7.79. The number of aromatic nitrogens is 3. The van der Waals surface area contributed by atoms with E-state index in [0.29, 0.717) is 66.0 Å². The first kappa shape index (κ1) is 42.1. The van der Waals surface area contributed by atoms with Crippen molar-refractivity contribution in [3.63, 3.8) is 0 Å². The summed E-state index contributed by atoms with van der Waals surface area (Å²) < 4.78 is 31.1. The molecule has 330 valence electrons. The number of carbonyl (C=O) groups is 4. The molecule has 0 spiro atoms. The second-order valence-electron chi connectivity index (χ2n) is 17.2. The number of methoxy groups -OCH3 is 1. The molecule has 9 rings (SSSR count). The van der Waals surface area contributed by atoms with Gasteiger partial charge in [0.1, 0.15) is 17.5 Å². The highest BCUT2D eigenvalue weighted by Crippen LogP contribution is 2.42. The molecular formula is C47H53FN8O7. The maximum absolute atomic E-state index is 16.7. The number of hydrogen-bond donors (Lipinski definition) is 2. The second-order valence-corrected chi connectivity index (χ2v) is 17.2. The van der Waals surface area contributed by atoms with Crippen molar-refractivity contribution in [3.8, 4) is 16.9 Å². The Morgan fingerprint density at radius 3 is 2.48 bits per heavy atom. The molecule has 0 aliphatic carbocycles. The number of benzene rings is 3. The molecule has 0 saturated carbocycles. The molecule has 6 heterocycles. The van der Waals surface area contributed by atoms with Gasteiger partial charge in [-0.05, 0) is 79.3 Å². The quantitative estimate of drug-likeness (QED) is 0.185. The van der Waals surface area contributed by atoms with E-state index in [1.54, 1.807) is 43.8 Å². The van der Waals surface area contributed by atoms with Crippen molar-refractivity contribution in [2.24, 2.45) is 13.0 Å². The number of ether oxygens (including phenoxy) is 2. The monoisotopic (exact) mass is 860 g/mol. The van der Waals surface area contributed by atoms with Gasteiger partial charge in [-0.1, -0.05) is 18.2 Å². The number of nitrogens with zero attached hydrogens (tertiary/aromatic N) is 6. The summed E-state index contributed by atoms with van der Waals surface area (Å²) in [6.45, 7) is 5.85. The zero-order valence-electron chi connectivity index (χ0n) is 36.2. The van der Waals surface area contributed by atoms with Crippen LogP contribution in [-0.4, -0.2) is 133 Å². The molecule has 3 aromatic carbocycles. The van der Waals surface area contributed by atoms with Gasteiger partial charge in [0.2, 0.25) is 17.7 Å². The fraction of sp³-hybridized carbons (Fsp3) is 0.426. The van der Waals surface area contributed by atoms with Crippen molar-refractivity contribution in [2.75, 3.05) is 85.1 Å². The van der Waals surface area contributed by atoms with Gasteiger partial charge in [0.05, 0.1) is 42.8 Å². The normalized spacial score (nSPS) is 18.7. The summed E-state index contributed by atoms with van der Waals surface area (Å²) in [4.78, 5) is 75.3. The Morgan fingerprint density at radius 1 is 0.968 bits per heavy atom. The number of imidazole rings is 1. The fourth-order valence-corrected chi connectivity index (χ4v) is 9.61. The van der Waals surface area contributed by atoms with Crippen LogP contribution in [0.5, 0.6) is 5.75 Å². The van der Waals surface area contributed by atoms with Crippen LogP contribution < -0.4 is 20.6 Å². The van der Waals surface area contributed by atoms with Gasteiger partial charge < -0.3 is 29.2 Å². The number of aryl methyl sites for hydroxylation is 2. The van der Waals surface area contributed by atoms with E-state index >= 15 is 4.39 Å². The Bertz CT molecular complexity index is 2740. The van der Waals surface area contributed by atoms with Crippen molar-refractivity contribution < 1.29 is 33.0 Å². The number of amides is 4. The minimum atomic E-state index is -0.719. The number of hydrogen-bond acceptors (Lipinski definition) is 9. The first-order valence-electron chi connectivity index (χ1n) is 21.7. The number of nitrogens with one attached hydrogen (secondary N) is 2. The lowest BCUT2D eigenvalue weighted by atomic mass is 9.92. The first-order valence-corrected chi connectivity index (χ1v) is 21.7. The lowest BCUT2D eigenvalue weighted by molar-refractivity contribution is -0.149. The molecule has 15 nitrogen and oxygen atoms in total. The van der Waals surface area contributed by atoms with Crippen LogP contribution >= 0.6 is 0 Å². The van der Waals surface area contributed by atoms with Crippen molar-refractivity contribution in [1.29, 1.82) is 0 Å². The zero-order valence-corrected chi connectivity index (χ0v) is 36.2. The molecular weight excluding hydrogens is 808 g/mol. The van der Waals surface area contributed by atoms with Crippen LogP contribution in [0.25, 0.3) is 38.6 Å². The minimum Gasteiger partial charge on any atom is -0.496 e. The predicted octanol–water partition coefficient (Wildman–Crippen LogP) is 4.33. The maximum atomic E-state index is 16.7. The number of H-pyrrole nitrogens is 1. The van der Waals surface area contributed by atoms with E-state index < -0.39 is 17.8 Å². The lowest BCUT2D eigenvalue weighted by Crippen LogP contribution is -2.46. The van der Waals surface area contributed by atoms with E-state index in [1.165, 1.54) is 9.47 Å². The van der Waals surface area contributed by atoms with Crippen LogP contribution in [0.15, 0.2) is 59.4 Å². The molecule has 0 radical (unpaired) electrons. The summed E-state index contributed by atoms with van der Waals surface area (Å²) in [6, 6.07) is 14.7. The van der Waals surface area contributed by atoms with Gasteiger partial charge in [0.15, 0.2) is 5.82 Å². The number of para-hydroxylation sites is 1. The fourth-order valence-electron chi connectivity index (χ4n) is 9.61. The van der Waals surface area contributed by atoms with Crippen LogP contribution in [-0.2, 0) is 32.6 Å². The van der Waals surface area contributed by atoms with Crippen LogP contribution in [0.3, 0.4) is 0 Å². The lowest BCUT2D eigenvalue weighted by Gasteiger charge is -2.36. The third-order valence-electron chi connectivity index (χ3n) is 13.1. The van der Waals surface area contributed by atoms with Crippen LogP contribution in [0, 0.1) is 11.7 Å². The van der Waals surface area contributed by atoms with Crippen molar-refractivity contribution in [1.82, 2.24) is 34.1 Å². The second kappa shape index (κ2) is 17.1. The molecule has 16 heteroatoms. The number of anilines is 1. The van der Waals surface area contributed by atoms with E-state index in [2.05, 4.69) is 26.2 Å². The van der Waals surface area contributed by atoms with E-state index in [9.17, 15) is 24.0 Å². The van der Waals surface area contributed by atoms with Gasteiger partial charge in [-0.15, -0.1) is 0 Å². The van der Waals surface area contributed by atoms with E-state index in [-0.39, 0.29) is 53.5 Å². The standard InChI is InChI=1S/C47H53FN8O7/c1-51(2)46(60)36-24-35-34(23-33(41(48)42(35)49-36)29-10-7-17-55(25-29)45(59)30-26-63-27-30)32-13-12-31(22-39(32)62-4)54-20-18-53(19-21-54)16-6-9-28-8-5-11-37-43(28)52(3)47(61)56(37)38-14-15-40(57)50-44(38)58/h5,8,10-13,22-24,30,38,49H,6-7,9,14-21,25-27H2,1-4H3,(H,50,57,58). The van der Waals surface area contributed by atoms with Gasteiger partial charge in [-0.3, -0.25) is 38.5 Å². The number of piperidine rings is 1. The number of imide groups is 1. The third-order valence-corrected chi connectivity index (χ3v) is 13.1. The van der Waals surface area contributed by atoms with Crippen LogP contribution in [0.2, 0.25) is 0 Å². The molecule has 3 saturated heterocycles. The molecule has 4 aliphatic rings. The number of fused-ring (bicyclic) bond motifs is 2. The highest BCUT2D eigenvalue weighted by atomic mass is 19.1. The number of rotatable bonds is 11. The summed E-state index contributed by atoms with van der Waals surface area (Å²) in [5, 5.41) is 2.94. The summed E-state index contributed by atoms with van der Waals surface area (Å²) >= 11 is 0. The smallest absolute Gasteiger partial charge is 0.329 e. The van der Waals surface area contributed by atoms with Crippen LogP contribution in [0.1, 0.15) is 53.3 Å². The molecule has 2 N–H and O–H groups in total. The summed E-state index contributed by atoms with van der Waals surface area (Å²) in [5.74, 6) is -1.03. The Balaban J connectivity index is 0.911. The van der Waals surface area contributed by atoms with Gasteiger partial charge in [0, 0.05) is 95.1 Å². The summed E-state index contributed by atoms with van der Waals surface area (Å²) in [5.41, 5.74) is 6.34. The molecule has 1 atom stereocenters. The van der Waals surface area contributed by atoms with Crippen molar-refractivity contribution in [2.45, 2.75) is 38.1 Å². The molecule has 3 fully saturated rings. The highest BCUT2D eigenvalue weighted by molar-refractivity contribution is 6.05. The average Bonchev–Trinajstić information content (AvgIpc) is 3.83. The Hall–Kier alpha value is -6.26. The van der Waals surface area contributed by atoms with Gasteiger partial charge in [0.25, 0.3) is 5.91 Å². The summed E-state index contributed by atoms with van der Waals surface area (Å²) in [6.07, 6.45) is 4.74. The Labute approximate surface area is 364 Å². The molecule has 1 unspecified atom stereocenters. The first-order chi connectivity index (χ1) is 30.4. The van der Waals surface area contributed by atoms with E-state index in [1.807, 2.05) is 42.5 Å². The van der Waals surface area contributed by atoms with E-state index in [4.69, 9.17) is 9.47 Å². The molecule has 2 aromatic heterocycles. The average molecular weight is 861 g/mol. The van der Waals surface area contributed by atoms with Gasteiger partial charge in [-0.25, -0.2) is 9.18 Å². The Kier molecular flexibility index (Phi) is 11.4. The largest absolute Gasteiger partial charge is 0.496 e. The molecule has 5 aromatic rings. The molecule has 0 bridgehead atoms. The highest BCUT2D eigenvalue weighted by Gasteiger charge is 2.34. The minimum absolute atomic E-state index is 0.0221. The van der Waals surface area contributed by atoms with Gasteiger partial charge in [-0.2, -0.15) is 0 Å². The Morgan fingerprint density at radius 2 is 1.76 bits per heavy atom. The molecule has 4 amide bonds. The topological polar surface area (TPSA) is 154 Å². The molecule has 63 heavy (non-hydrogen) atoms. The number of carbonyl (C=O) groups excluding carboxylic acids is 4. The number of aromatic amines is 1. The SMILES string of the molecule is COc1cc(N2CCN(CCCc3cccc4c3n(C)c(=O)n4C3CCC(=O)NC3=O)CC2)ccc1-c1cc(C2=CCCN(C(=O)C3COC3)C2)c(F)c2[nH]c(C(=O)N(C)C)cc12. The zero-order chi connectivity index (χ0) is 44.1. The summed E-state index contributed by atoms with van der Waals surface area (Å²) in [7, 11) is 6.67. The molecule has 4 aliphatic heterocycles. The number of piperazine rings is 1. The van der Waals surface area contributed by atoms with Gasteiger partial charge >= 0.3 is 5.69 Å². The predicted molar refractivity (Wildman–Crippen MR) is 237 cm³/mol. The van der Waals surface area contributed by atoms with Crippen molar-refractivity contribution in [3.05, 3.63) is 87.7 Å².